The van der Waals surface area contributed by atoms with Gasteiger partial charge < -0.3 is 38.2 Å². The largest absolute Gasteiger partial charge is 0.497 e. The lowest BCUT2D eigenvalue weighted by Gasteiger charge is -2.19. The fraction of sp³-hybridized carbons (Fsp3) is 0.273. The number of methoxy groups -OCH3 is 4. The average molecular weight is 757 g/mol. The standard InChI is InChI=1S/C44H44N4O8/c1-6-45-37-23-41(39(53-4)21-35(37)43(49)47-17-16-30(26-47)28-8-12-33(51-2)13-9-28)55-18-7-19-56-42-24-38-36(22-40(42)54-5)44(50)48-27-31(20-32(48)25-46-38)29-10-14-34(52-3)15-11-29/h6,8-15,21-27,32H,7,16-20H2,1-5H3. The van der Waals surface area contributed by atoms with E-state index in [1.807, 2.05) is 67.1 Å². The summed E-state index contributed by atoms with van der Waals surface area (Å²) < 4.78 is 34.1. The quantitative estimate of drug-likeness (QED) is 0.0934. The molecule has 1 unspecified atom stereocenters. The summed E-state index contributed by atoms with van der Waals surface area (Å²) in [5.41, 5.74) is 6.02. The first-order valence-electron chi connectivity index (χ1n) is 18.4. The number of carbonyl (C=O) groups is 2. The molecule has 4 aromatic rings. The topological polar surface area (TPSA) is 121 Å². The number of amides is 2. The van der Waals surface area contributed by atoms with Gasteiger partial charge in [0.15, 0.2) is 23.0 Å². The smallest absolute Gasteiger partial charge is 0.260 e. The van der Waals surface area contributed by atoms with Gasteiger partial charge >= 0.3 is 0 Å². The van der Waals surface area contributed by atoms with Gasteiger partial charge in [-0.25, -0.2) is 0 Å². The van der Waals surface area contributed by atoms with E-state index in [0.29, 0.717) is 78.1 Å². The van der Waals surface area contributed by atoms with Crippen molar-refractivity contribution in [1.29, 1.82) is 0 Å². The summed E-state index contributed by atoms with van der Waals surface area (Å²) in [6.07, 6.45) is 9.14. The van der Waals surface area contributed by atoms with Gasteiger partial charge in [-0.2, -0.15) is 0 Å². The van der Waals surface area contributed by atoms with E-state index in [2.05, 4.69) is 4.99 Å². The summed E-state index contributed by atoms with van der Waals surface area (Å²) in [7, 11) is 6.35. The molecule has 12 nitrogen and oxygen atoms in total. The first kappa shape index (κ1) is 37.7. The number of nitrogens with zero attached hydrogens (tertiary/aromatic N) is 4. The van der Waals surface area contributed by atoms with Crippen molar-refractivity contribution in [3.8, 4) is 34.5 Å². The number of hydrogen-bond acceptors (Lipinski definition) is 10. The lowest BCUT2D eigenvalue weighted by molar-refractivity contribution is 0.0814. The molecule has 12 heteroatoms. The zero-order valence-corrected chi connectivity index (χ0v) is 32.1. The minimum atomic E-state index is -0.206. The molecular weight excluding hydrogens is 713 g/mol. The second-order valence-corrected chi connectivity index (χ2v) is 13.3. The summed E-state index contributed by atoms with van der Waals surface area (Å²) in [4.78, 5) is 40.2. The van der Waals surface area contributed by atoms with Gasteiger partial charge in [-0.3, -0.25) is 19.6 Å². The van der Waals surface area contributed by atoms with Crippen molar-refractivity contribution < 1.29 is 38.0 Å². The molecule has 3 heterocycles. The molecule has 4 aromatic carbocycles. The van der Waals surface area contributed by atoms with Crippen molar-refractivity contribution in [2.45, 2.75) is 32.2 Å². The highest BCUT2D eigenvalue weighted by Crippen LogP contribution is 2.41. The first-order valence-corrected chi connectivity index (χ1v) is 18.4. The Kier molecular flexibility index (Phi) is 11.4. The fourth-order valence-corrected chi connectivity index (χ4v) is 6.94. The Morgan fingerprint density at radius 1 is 0.786 bits per heavy atom. The molecule has 0 bridgehead atoms. The van der Waals surface area contributed by atoms with Crippen LogP contribution in [0.25, 0.3) is 11.1 Å². The van der Waals surface area contributed by atoms with Crippen LogP contribution in [0.15, 0.2) is 95.2 Å². The van der Waals surface area contributed by atoms with Crippen LogP contribution >= 0.6 is 0 Å². The van der Waals surface area contributed by atoms with E-state index < -0.39 is 0 Å². The zero-order valence-electron chi connectivity index (χ0n) is 32.1. The number of carbonyl (C=O) groups excluding carboxylic acids is 2. The Morgan fingerprint density at radius 3 is 2.04 bits per heavy atom. The molecular formula is C44H44N4O8. The van der Waals surface area contributed by atoms with Crippen LogP contribution in [0, 0.1) is 0 Å². The van der Waals surface area contributed by atoms with Gasteiger partial charge in [0.1, 0.15) is 11.5 Å². The van der Waals surface area contributed by atoms with Gasteiger partial charge in [0.05, 0.1) is 70.2 Å². The molecule has 56 heavy (non-hydrogen) atoms. The Hall–Kier alpha value is -6.56. The van der Waals surface area contributed by atoms with E-state index in [9.17, 15) is 9.59 Å². The van der Waals surface area contributed by atoms with Gasteiger partial charge in [-0.05, 0) is 72.0 Å². The molecule has 288 valence electrons. The molecule has 7 rings (SSSR count). The maximum Gasteiger partial charge on any atom is 0.260 e. The highest BCUT2D eigenvalue weighted by atomic mass is 16.5. The molecule has 0 aliphatic carbocycles. The van der Waals surface area contributed by atoms with Crippen molar-refractivity contribution in [2.24, 2.45) is 9.98 Å². The Bertz CT molecular complexity index is 2230. The van der Waals surface area contributed by atoms with E-state index in [1.54, 1.807) is 68.5 Å². The number of ether oxygens (including phenoxy) is 6. The second kappa shape index (κ2) is 16.8. The van der Waals surface area contributed by atoms with Crippen molar-refractivity contribution in [3.05, 3.63) is 107 Å². The number of aliphatic imine (C=N–C) groups is 2. The SMILES string of the molecule is CC=Nc1cc(OCCCOc2cc3c(cc2OC)C(=O)N2C=C(c4ccc(OC)cc4)CC2C=N3)c(OC)cc1C(=O)N1C=C(c2ccc(OC)cc2)CC1. The minimum absolute atomic E-state index is 0.159. The van der Waals surface area contributed by atoms with E-state index in [-0.39, 0.29) is 17.9 Å². The lowest BCUT2D eigenvalue weighted by atomic mass is 10.0. The molecule has 0 radical (unpaired) electrons. The van der Waals surface area contributed by atoms with Gasteiger partial charge in [-0.15, -0.1) is 0 Å². The normalized spacial score (nSPS) is 15.9. The maximum absolute atomic E-state index is 13.8. The van der Waals surface area contributed by atoms with Crippen LogP contribution in [0.5, 0.6) is 34.5 Å². The van der Waals surface area contributed by atoms with Crippen LogP contribution in [-0.2, 0) is 0 Å². The molecule has 1 atom stereocenters. The first-order chi connectivity index (χ1) is 27.3. The molecule has 0 saturated heterocycles. The van der Waals surface area contributed by atoms with Crippen molar-refractivity contribution in [2.75, 3.05) is 48.2 Å². The molecule has 0 aromatic heterocycles. The van der Waals surface area contributed by atoms with E-state index in [0.717, 1.165) is 40.2 Å². The van der Waals surface area contributed by atoms with E-state index in [1.165, 1.54) is 7.11 Å². The number of benzene rings is 4. The van der Waals surface area contributed by atoms with Crippen LogP contribution in [0.1, 0.15) is 58.0 Å². The molecule has 3 aliphatic heterocycles. The second-order valence-electron chi connectivity index (χ2n) is 13.3. The minimum Gasteiger partial charge on any atom is -0.497 e. The van der Waals surface area contributed by atoms with Crippen molar-refractivity contribution >= 4 is 46.8 Å². The monoisotopic (exact) mass is 756 g/mol. The highest BCUT2D eigenvalue weighted by molar-refractivity contribution is 6.05. The van der Waals surface area contributed by atoms with Gasteiger partial charge in [0, 0.05) is 56.3 Å². The van der Waals surface area contributed by atoms with Crippen molar-refractivity contribution in [1.82, 2.24) is 9.80 Å². The van der Waals surface area contributed by atoms with Crippen LogP contribution < -0.4 is 28.4 Å². The predicted molar refractivity (Wildman–Crippen MR) is 216 cm³/mol. The molecule has 0 saturated carbocycles. The molecule has 0 fully saturated rings. The highest BCUT2D eigenvalue weighted by Gasteiger charge is 2.33. The number of hydrogen-bond donors (Lipinski definition) is 0. The Labute approximate surface area is 326 Å². The molecule has 0 N–H and O–H groups in total. The summed E-state index contributed by atoms with van der Waals surface area (Å²) in [5.74, 6) is 3.00. The summed E-state index contributed by atoms with van der Waals surface area (Å²) in [6, 6.07) is 22.2. The average Bonchev–Trinajstić information content (AvgIpc) is 3.89. The van der Waals surface area contributed by atoms with Gasteiger partial charge in [-0.1, -0.05) is 24.3 Å². The van der Waals surface area contributed by atoms with Crippen LogP contribution in [0.2, 0.25) is 0 Å². The summed E-state index contributed by atoms with van der Waals surface area (Å²) in [6.45, 7) is 2.94. The van der Waals surface area contributed by atoms with Gasteiger partial charge in [0.2, 0.25) is 0 Å². The van der Waals surface area contributed by atoms with E-state index >= 15 is 0 Å². The van der Waals surface area contributed by atoms with Gasteiger partial charge in [0.25, 0.3) is 11.8 Å². The van der Waals surface area contributed by atoms with Crippen LogP contribution in [-0.4, -0.2) is 88.3 Å². The molecule has 0 spiro atoms. The zero-order chi connectivity index (χ0) is 39.2. The van der Waals surface area contributed by atoms with E-state index in [4.69, 9.17) is 33.4 Å². The molecule has 2 amide bonds. The van der Waals surface area contributed by atoms with Crippen LogP contribution in [0.4, 0.5) is 11.4 Å². The predicted octanol–water partition coefficient (Wildman–Crippen LogP) is 8.15. The van der Waals surface area contributed by atoms with Crippen LogP contribution in [0.3, 0.4) is 0 Å². The third-order valence-electron chi connectivity index (χ3n) is 9.91. The molecule has 3 aliphatic rings. The Morgan fingerprint density at radius 2 is 1.41 bits per heavy atom. The fourth-order valence-electron chi connectivity index (χ4n) is 6.94. The number of fused-ring (bicyclic) bond motifs is 2. The summed E-state index contributed by atoms with van der Waals surface area (Å²) in [5, 5.41) is 0. The summed E-state index contributed by atoms with van der Waals surface area (Å²) >= 11 is 0. The third kappa shape index (κ3) is 7.81. The third-order valence-corrected chi connectivity index (χ3v) is 9.91. The van der Waals surface area contributed by atoms with Crippen molar-refractivity contribution in [3.63, 3.8) is 0 Å². The maximum atomic E-state index is 13.8. The Balaban J connectivity index is 0.990. The number of rotatable bonds is 14. The lowest BCUT2D eigenvalue weighted by Crippen LogP contribution is -2.32.